The van der Waals surface area contributed by atoms with E-state index in [2.05, 4.69) is 71.6 Å². The highest BCUT2D eigenvalue weighted by atomic mass is 15.3. The fourth-order valence-corrected chi connectivity index (χ4v) is 3.49. The summed E-state index contributed by atoms with van der Waals surface area (Å²) in [5.41, 5.74) is 2.39. The Hall–Kier alpha value is -1.43. The Kier molecular flexibility index (Phi) is 5.54. The number of aromatic nitrogens is 2. The van der Waals surface area contributed by atoms with E-state index in [1.807, 2.05) is 0 Å². The van der Waals surface area contributed by atoms with Gasteiger partial charge in [-0.2, -0.15) is 0 Å². The summed E-state index contributed by atoms with van der Waals surface area (Å²) in [7, 11) is 6.47. The number of rotatable bonds is 6. The molecule has 5 nitrogen and oxygen atoms in total. The molecule has 1 saturated heterocycles. The first-order valence-electron chi connectivity index (χ1n) is 9.06. The number of nitrogens with zero attached hydrogens (tertiary/aromatic N) is 5. The summed E-state index contributed by atoms with van der Waals surface area (Å²) < 4.78 is 2.42. The molecule has 1 aromatic heterocycles. The number of piperazine rings is 1. The van der Waals surface area contributed by atoms with Crippen molar-refractivity contribution >= 4 is 11.0 Å². The molecule has 1 aliphatic rings. The Balaban J connectivity index is 1.78. The second-order valence-corrected chi connectivity index (χ2v) is 7.36. The van der Waals surface area contributed by atoms with Gasteiger partial charge >= 0.3 is 0 Å². The predicted molar refractivity (Wildman–Crippen MR) is 101 cm³/mol. The molecule has 5 heteroatoms. The summed E-state index contributed by atoms with van der Waals surface area (Å²) in [6, 6.07) is 9.06. The van der Waals surface area contributed by atoms with Crippen molar-refractivity contribution in [2.75, 3.05) is 53.9 Å². The number of hydrogen-bond acceptors (Lipinski definition) is 4. The third kappa shape index (κ3) is 3.97. The van der Waals surface area contributed by atoms with E-state index in [1.165, 1.54) is 24.4 Å². The van der Waals surface area contributed by atoms with E-state index in [4.69, 9.17) is 4.98 Å². The quantitative estimate of drug-likeness (QED) is 0.807. The Labute approximate surface area is 145 Å². The van der Waals surface area contributed by atoms with Crippen LogP contribution >= 0.6 is 0 Å². The minimum atomic E-state index is 0.536. The van der Waals surface area contributed by atoms with Crippen molar-refractivity contribution in [2.45, 2.75) is 25.9 Å². The minimum absolute atomic E-state index is 0.536. The lowest BCUT2D eigenvalue weighted by Gasteiger charge is -2.36. The van der Waals surface area contributed by atoms with Crippen LogP contribution in [0.2, 0.25) is 0 Å². The van der Waals surface area contributed by atoms with Gasteiger partial charge in [0.2, 0.25) is 0 Å². The van der Waals surface area contributed by atoms with E-state index in [9.17, 15) is 0 Å². The van der Waals surface area contributed by atoms with Crippen LogP contribution in [0.15, 0.2) is 24.3 Å². The zero-order valence-corrected chi connectivity index (χ0v) is 15.6. The van der Waals surface area contributed by atoms with Gasteiger partial charge in [0.25, 0.3) is 0 Å². The van der Waals surface area contributed by atoms with Gasteiger partial charge in [-0.15, -0.1) is 0 Å². The molecule has 2 heterocycles. The molecule has 2 aromatic rings. The van der Waals surface area contributed by atoms with E-state index in [0.29, 0.717) is 6.04 Å². The predicted octanol–water partition coefficient (Wildman–Crippen LogP) is 1.78. The first kappa shape index (κ1) is 17.4. The van der Waals surface area contributed by atoms with Crippen molar-refractivity contribution in [3.8, 4) is 0 Å². The Morgan fingerprint density at radius 3 is 2.54 bits per heavy atom. The monoisotopic (exact) mass is 329 g/mol. The van der Waals surface area contributed by atoms with Gasteiger partial charge in [0.1, 0.15) is 5.82 Å². The van der Waals surface area contributed by atoms with Crippen LogP contribution in [-0.2, 0) is 13.0 Å². The summed E-state index contributed by atoms with van der Waals surface area (Å²) >= 11 is 0. The normalized spacial score (nSPS) is 18.5. The summed E-state index contributed by atoms with van der Waals surface area (Å²) in [4.78, 5) is 12.2. The maximum Gasteiger partial charge on any atom is 0.111 e. The molecule has 0 aliphatic carbocycles. The molecule has 0 bridgehead atoms. The maximum atomic E-state index is 4.95. The van der Waals surface area contributed by atoms with Gasteiger partial charge in [0.05, 0.1) is 11.0 Å². The van der Waals surface area contributed by atoms with Crippen LogP contribution in [-0.4, -0.2) is 84.2 Å². The lowest BCUT2D eigenvalue weighted by molar-refractivity contribution is 0.117. The summed E-state index contributed by atoms with van der Waals surface area (Å²) in [6.07, 6.45) is 1.02. The molecule has 132 valence electrons. The van der Waals surface area contributed by atoms with E-state index in [0.717, 1.165) is 38.1 Å². The number of imidazole rings is 1. The van der Waals surface area contributed by atoms with E-state index >= 15 is 0 Å². The highest BCUT2D eigenvalue weighted by Crippen LogP contribution is 2.19. The SMILES string of the molecule is C[C@@H](Cc1nc2ccccc2n1CCN(C)C)N1CCN(C)CC1. The van der Waals surface area contributed by atoms with Crippen molar-refractivity contribution < 1.29 is 0 Å². The average Bonchev–Trinajstić information content (AvgIpc) is 2.90. The average molecular weight is 329 g/mol. The summed E-state index contributed by atoms with van der Waals surface area (Å²) in [5.74, 6) is 1.23. The molecule has 1 atom stereocenters. The number of para-hydroxylation sites is 2. The number of hydrogen-bond donors (Lipinski definition) is 0. The molecule has 1 aromatic carbocycles. The van der Waals surface area contributed by atoms with E-state index in [1.54, 1.807) is 0 Å². The topological polar surface area (TPSA) is 27.5 Å². The Morgan fingerprint density at radius 2 is 1.83 bits per heavy atom. The fourth-order valence-electron chi connectivity index (χ4n) is 3.49. The zero-order chi connectivity index (χ0) is 17.1. The maximum absolute atomic E-state index is 4.95. The summed E-state index contributed by atoms with van der Waals surface area (Å²) in [6.45, 7) is 9.05. The fraction of sp³-hybridized carbons (Fsp3) is 0.632. The molecule has 1 fully saturated rings. The van der Waals surface area contributed by atoms with Crippen molar-refractivity contribution in [3.05, 3.63) is 30.1 Å². The molecule has 0 radical (unpaired) electrons. The van der Waals surface area contributed by atoms with Crippen LogP contribution in [0, 0.1) is 0 Å². The molecule has 0 unspecified atom stereocenters. The van der Waals surface area contributed by atoms with Crippen molar-refractivity contribution in [1.29, 1.82) is 0 Å². The van der Waals surface area contributed by atoms with Gasteiger partial charge < -0.3 is 14.4 Å². The molecule has 1 aliphatic heterocycles. The van der Waals surface area contributed by atoms with E-state index in [-0.39, 0.29) is 0 Å². The lowest BCUT2D eigenvalue weighted by atomic mass is 10.1. The Bertz CT molecular complexity index is 655. The van der Waals surface area contributed by atoms with Crippen LogP contribution in [0.5, 0.6) is 0 Å². The van der Waals surface area contributed by atoms with Crippen LogP contribution in [0.4, 0.5) is 0 Å². The van der Waals surface area contributed by atoms with Crippen LogP contribution < -0.4 is 0 Å². The van der Waals surface area contributed by atoms with Gasteiger partial charge in [0, 0.05) is 51.7 Å². The number of fused-ring (bicyclic) bond motifs is 1. The number of benzene rings is 1. The lowest BCUT2D eigenvalue weighted by Crippen LogP contribution is -2.48. The minimum Gasteiger partial charge on any atom is -0.327 e. The van der Waals surface area contributed by atoms with Crippen molar-refractivity contribution in [3.63, 3.8) is 0 Å². The van der Waals surface area contributed by atoms with Gasteiger partial charge in [-0.3, -0.25) is 4.90 Å². The molecule has 0 N–H and O–H groups in total. The molecule has 0 saturated carbocycles. The smallest absolute Gasteiger partial charge is 0.111 e. The number of likely N-dealkylation sites (N-methyl/N-ethyl adjacent to an activating group) is 2. The standard InChI is InChI=1S/C19H31N5/c1-16(23-12-10-22(4)11-13-23)15-19-20-17-7-5-6-8-18(17)24(19)14-9-21(2)3/h5-8,16H,9-15H2,1-4H3/t16-/m0/s1. The third-order valence-electron chi connectivity index (χ3n) is 5.14. The largest absolute Gasteiger partial charge is 0.327 e. The van der Waals surface area contributed by atoms with Crippen molar-refractivity contribution in [2.24, 2.45) is 0 Å². The molecule has 3 rings (SSSR count). The second kappa shape index (κ2) is 7.64. The van der Waals surface area contributed by atoms with Crippen molar-refractivity contribution in [1.82, 2.24) is 24.3 Å². The highest BCUT2D eigenvalue weighted by Gasteiger charge is 2.21. The first-order chi connectivity index (χ1) is 11.5. The van der Waals surface area contributed by atoms with Gasteiger partial charge in [-0.05, 0) is 40.2 Å². The Morgan fingerprint density at radius 1 is 1.12 bits per heavy atom. The molecule has 0 amide bonds. The van der Waals surface area contributed by atoms with Crippen LogP contribution in [0.1, 0.15) is 12.7 Å². The van der Waals surface area contributed by atoms with Gasteiger partial charge in [0.15, 0.2) is 0 Å². The highest BCUT2D eigenvalue weighted by molar-refractivity contribution is 5.75. The van der Waals surface area contributed by atoms with Gasteiger partial charge in [-0.1, -0.05) is 12.1 Å². The molecular weight excluding hydrogens is 298 g/mol. The molecule has 24 heavy (non-hydrogen) atoms. The second-order valence-electron chi connectivity index (χ2n) is 7.36. The third-order valence-corrected chi connectivity index (χ3v) is 5.14. The van der Waals surface area contributed by atoms with Gasteiger partial charge in [-0.25, -0.2) is 4.98 Å². The van der Waals surface area contributed by atoms with Crippen LogP contribution in [0.25, 0.3) is 11.0 Å². The van der Waals surface area contributed by atoms with E-state index < -0.39 is 0 Å². The molecule has 0 spiro atoms. The first-order valence-corrected chi connectivity index (χ1v) is 9.06. The zero-order valence-electron chi connectivity index (χ0n) is 15.6. The summed E-state index contributed by atoms with van der Waals surface area (Å²) in [5, 5.41) is 0. The molecular formula is C19H31N5. The van der Waals surface area contributed by atoms with Crippen LogP contribution in [0.3, 0.4) is 0 Å².